The van der Waals surface area contributed by atoms with Crippen molar-refractivity contribution in [1.29, 1.82) is 0 Å². The Kier molecular flexibility index (Phi) is 7.00. The highest BCUT2D eigenvalue weighted by molar-refractivity contribution is 5.88. The second kappa shape index (κ2) is 9.00. The first-order valence-corrected chi connectivity index (χ1v) is 9.06. The van der Waals surface area contributed by atoms with Gasteiger partial charge in [-0.15, -0.1) is 0 Å². The normalized spacial score (nSPS) is 16.8. The van der Waals surface area contributed by atoms with Crippen molar-refractivity contribution in [3.05, 3.63) is 17.3 Å². The third-order valence-electron chi connectivity index (χ3n) is 4.96. The van der Waals surface area contributed by atoms with Crippen molar-refractivity contribution in [2.75, 3.05) is 7.11 Å². The molecule has 0 unspecified atom stereocenters. The molecular weight excluding hydrogens is 306 g/mol. The number of ketones is 1. The van der Waals surface area contributed by atoms with Crippen molar-refractivity contribution in [3.8, 4) is 0 Å². The van der Waals surface area contributed by atoms with Crippen LogP contribution >= 0.6 is 0 Å². The fourth-order valence-corrected chi connectivity index (χ4v) is 3.67. The number of esters is 1. The monoisotopic (exact) mass is 335 g/mol. The van der Waals surface area contributed by atoms with Gasteiger partial charge in [-0.3, -0.25) is 0 Å². The van der Waals surface area contributed by atoms with E-state index >= 15 is 0 Å². The number of hydrogen-bond donors (Lipinski definition) is 0. The van der Waals surface area contributed by atoms with Gasteiger partial charge in [0.15, 0.2) is 11.6 Å². The third-order valence-corrected chi connectivity index (χ3v) is 4.96. The van der Waals surface area contributed by atoms with Crippen molar-refractivity contribution < 1.29 is 18.7 Å². The summed E-state index contributed by atoms with van der Waals surface area (Å²) in [6, 6.07) is 0. The maximum absolute atomic E-state index is 11.7. The zero-order valence-corrected chi connectivity index (χ0v) is 15.1. The first-order chi connectivity index (χ1) is 11.5. The molecule has 0 bridgehead atoms. The predicted octanol–water partition coefficient (Wildman–Crippen LogP) is 4.58. The highest BCUT2D eigenvalue weighted by atomic mass is 16.5. The molecule has 5 heteroatoms. The lowest BCUT2D eigenvalue weighted by Gasteiger charge is -2.22. The molecule has 1 aromatic heterocycles. The standard InChI is InChI=1S/C19H29NO4/c1-13(21)12-16(11-7-10-15-8-5-4-6-9-15)18-20-17(14(2)24-18)19(22)23-3/h15-16H,4-12H2,1-3H3/t16-/m1/s1. The Hall–Kier alpha value is -1.65. The number of carbonyl (C=O) groups excluding carboxylic acids is 2. The number of hydrogen-bond acceptors (Lipinski definition) is 5. The maximum atomic E-state index is 11.7. The maximum Gasteiger partial charge on any atom is 0.360 e. The molecule has 1 aliphatic rings. The van der Waals surface area contributed by atoms with Crippen LogP contribution in [0, 0.1) is 12.8 Å². The first-order valence-electron chi connectivity index (χ1n) is 9.06. The lowest BCUT2D eigenvalue weighted by Crippen LogP contribution is -2.09. The van der Waals surface area contributed by atoms with E-state index in [1.54, 1.807) is 13.8 Å². The minimum atomic E-state index is -0.494. The van der Waals surface area contributed by atoms with Crippen LogP contribution in [0.4, 0.5) is 0 Å². The molecule has 0 radical (unpaired) electrons. The molecule has 1 heterocycles. The van der Waals surface area contributed by atoms with Crippen molar-refractivity contribution in [2.45, 2.75) is 77.6 Å². The fraction of sp³-hybridized carbons (Fsp3) is 0.737. The summed E-state index contributed by atoms with van der Waals surface area (Å²) in [5.41, 5.74) is 0.216. The SMILES string of the molecule is COC(=O)c1nc([C@H](CCCC2CCCCC2)CC(C)=O)oc1C. The lowest BCUT2D eigenvalue weighted by atomic mass is 9.84. The van der Waals surface area contributed by atoms with Gasteiger partial charge in [0.25, 0.3) is 0 Å². The van der Waals surface area contributed by atoms with Gasteiger partial charge in [0.1, 0.15) is 11.5 Å². The van der Waals surface area contributed by atoms with E-state index in [4.69, 9.17) is 9.15 Å². The third kappa shape index (κ3) is 5.18. The average Bonchev–Trinajstić information content (AvgIpc) is 2.95. The van der Waals surface area contributed by atoms with Crippen LogP contribution in [0.15, 0.2) is 4.42 Å². The molecule has 0 aromatic carbocycles. The highest BCUT2D eigenvalue weighted by Gasteiger charge is 2.25. The fourth-order valence-electron chi connectivity index (χ4n) is 3.67. The number of aromatic nitrogens is 1. The van der Waals surface area contributed by atoms with Crippen molar-refractivity contribution in [2.24, 2.45) is 5.92 Å². The van der Waals surface area contributed by atoms with Crippen LogP contribution in [-0.4, -0.2) is 23.8 Å². The number of ether oxygens (including phenoxy) is 1. The zero-order chi connectivity index (χ0) is 17.5. The molecule has 0 saturated heterocycles. The van der Waals surface area contributed by atoms with E-state index in [0.29, 0.717) is 18.1 Å². The quantitative estimate of drug-likeness (QED) is 0.650. The summed E-state index contributed by atoms with van der Waals surface area (Å²) in [7, 11) is 1.33. The van der Waals surface area contributed by atoms with Crippen LogP contribution in [0.2, 0.25) is 0 Å². The van der Waals surface area contributed by atoms with Gasteiger partial charge in [0.05, 0.1) is 7.11 Å². The number of oxazole rings is 1. The Bertz CT molecular complexity index is 558. The van der Waals surface area contributed by atoms with E-state index in [-0.39, 0.29) is 17.4 Å². The van der Waals surface area contributed by atoms with E-state index in [1.807, 2.05) is 0 Å². The minimum absolute atomic E-state index is 0.0526. The van der Waals surface area contributed by atoms with Crippen molar-refractivity contribution in [1.82, 2.24) is 4.98 Å². The molecule has 0 spiro atoms. The minimum Gasteiger partial charge on any atom is -0.464 e. The molecule has 1 saturated carbocycles. The van der Waals surface area contributed by atoms with Crippen LogP contribution in [0.5, 0.6) is 0 Å². The van der Waals surface area contributed by atoms with E-state index < -0.39 is 5.97 Å². The van der Waals surface area contributed by atoms with Gasteiger partial charge in [0.2, 0.25) is 0 Å². The number of Topliss-reactive ketones (excluding diaryl/α,β-unsaturated/α-hetero) is 1. The van der Waals surface area contributed by atoms with Crippen LogP contribution in [0.1, 0.15) is 92.8 Å². The van der Waals surface area contributed by atoms with Crippen LogP contribution < -0.4 is 0 Å². The molecule has 5 nitrogen and oxygen atoms in total. The highest BCUT2D eigenvalue weighted by Crippen LogP contribution is 2.32. The Labute approximate surface area is 144 Å². The number of aryl methyl sites for hydroxylation is 1. The summed E-state index contributed by atoms with van der Waals surface area (Å²) in [5.74, 6) is 1.35. The first kappa shape index (κ1) is 18.7. The Balaban J connectivity index is 1.99. The Morgan fingerprint density at radius 1 is 1.29 bits per heavy atom. The Morgan fingerprint density at radius 3 is 2.62 bits per heavy atom. The topological polar surface area (TPSA) is 69.4 Å². The molecule has 0 N–H and O–H groups in total. The van der Waals surface area contributed by atoms with Crippen LogP contribution in [0.25, 0.3) is 0 Å². The summed E-state index contributed by atoms with van der Waals surface area (Å²) in [6.45, 7) is 3.29. The summed E-state index contributed by atoms with van der Waals surface area (Å²) in [6.07, 6.45) is 10.3. The van der Waals surface area contributed by atoms with Gasteiger partial charge in [0, 0.05) is 12.3 Å². The van der Waals surface area contributed by atoms with Crippen LogP contribution in [-0.2, 0) is 9.53 Å². The van der Waals surface area contributed by atoms with E-state index in [1.165, 1.54) is 45.6 Å². The summed E-state index contributed by atoms with van der Waals surface area (Å²) < 4.78 is 10.4. The van der Waals surface area contributed by atoms with Crippen molar-refractivity contribution >= 4 is 11.8 Å². The second-order valence-corrected chi connectivity index (χ2v) is 6.99. The molecule has 134 valence electrons. The van der Waals surface area contributed by atoms with E-state index in [2.05, 4.69) is 4.98 Å². The van der Waals surface area contributed by atoms with Gasteiger partial charge in [-0.05, 0) is 26.2 Å². The molecule has 2 rings (SSSR count). The van der Waals surface area contributed by atoms with E-state index in [0.717, 1.165) is 18.8 Å². The molecule has 1 fully saturated rings. The second-order valence-electron chi connectivity index (χ2n) is 6.99. The lowest BCUT2D eigenvalue weighted by molar-refractivity contribution is -0.117. The van der Waals surface area contributed by atoms with Crippen molar-refractivity contribution in [3.63, 3.8) is 0 Å². The number of methoxy groups -OCH3 is 1. The van der Waals surface area contributed by atoms with Gasteiger partial charge in [-0.1, -0.05) is 44.9 Å². The smallest absolute Gasteiger partial charge is 0.360 e. The molecule has 0 aliphatic heterocycles. The summed E-state index contributed by atoms with van der Waals surface area (Å²) in [5, 5.41) is 0. The largest absolute Gasteiger partial charge is 0.464 e. The Morgan fingerprint density at radius 2 is 2.00 bits per heavy atom. The van der Waals surface area contributed by atoms with Gasteiger partial charge in [-0.25, -0.2) is 9.78 Å². The van der Waals surface area contributed by atoms with Crippen LogP contribution in [0.3, 0.4) is 0 Å². The number of rotatable bonds is 8. The average molecular weight is 335 g/mol. The summed E-state index contributed by atoms with van der Waals surface area (Å²) in [4.78, 5) is 27.6. The molecule has 1 aromatic rings. The molecule has 24 heavy (non-hydrogen) atoms. The molecule has 1 aliphatic carbocycles. The van der Waals surface area contributed by atoms with Gasteiger partial charge in [-0.2, -0.15) is 0 Å². The molecule has 1 atom stereocenters. The van der Waals surface area contributed by atoms with Gasteiger partial charge >= 0.3 is 5.97 Å². The zero-order valence-electron chi connectivity index (χ0n) is 15.1. The van der Waals surface area contributed by atoms with Gasteiger partial charge < -0.3 is 13.9 Å². The molecule has 0 amide bonds. The predicted molar refractivity (Wildman–Crippen MR) is 91.0 cm³/mol. The number of nitrogens with zero attached hydrogens (tertiary/aromatic N) is 1. The van der Waals surface area contributed by atoms with E-state index in [9.17, 15) is 9.59 Å². The molecular formula is C19H29NO4. The number of carbonyl (C=O) groups is 2. The summed E-state index contributed by atoms with van der Waals surface area (Å²) >= 11 is 0.